The summed E-state index contributed by atoms with van der Waals surface area (Å²) in [7, 11) is 0. The Labute approximate surface area is 153 Å². The van der Waals surface area contributed by atoms with E-state index in [1.165, 1.54) is 16.7 Å². The van der Waals surface area contributed by atoms with Crippen LogP contribution in [0.4, 0.5) is 11.6 Å². The first-order valence-corrected chi connectivity index (χ1v) is 8.93. The average Bonchev–Trinajstić information content (AvgIpc) is 2.69. The lowest BCUT2D eigenvalue weighted by Crippen LogP contribution is -2.32. The third kappa shape index (κ3) is 3.64. The molecule has 0 bridgehead atoms. The number of hydrogen-bond donors (Lipinski definition) is 1. The predicted molar refractivity (Wildman–Crippen MR) is 102 cm³/mol. The molecule has 1 aliphatic rings. The van der Waals surface area contributed by atoms with Gasteiger partial charge in [-0.05, 0) is 36.6 Å². The lowest BCUT2D eigenvalue weighted by atomic mass is 10.1. The average molecular weight is 346 g/mol. The molecular formula is C20H22N6. The summed E-state index contributed by atoms with van der Waals surface area (Å²) in [6.45, 7) is 4.58. The summed E-state index contributed by atoms with van der Waals surface area (Å²) in [5.74, 6) is 1.93. The predicted octanol–water partition coefficient (Wildman–Crippen LogP) is 2.79. The monoisotopic (exact) mass is 346 g/mol. The van der Waals surface area contributed by atoms with Gasteiger partial charge in [-0.3, -0.25) is 4.98 Å². The molecule has 3 aromatic heterocycles. The van der Waals surface area contributed by atoms with Gasteiger partial charge >= 0.3 is 0 Å². The van der Waals surface area contributed by atoms with E-state index in [4.69, 9.17) is 0 Å². The lowest BCUT2D eigenvalue weighted by Gasteiger charge is -2.30. The van der Waals surface area contributed by atoms with Gasteiger partial charge in [0.2, 0.25) is 0 Å². The number of aromatic nitrogens is 4. The summed E-state index contributed by atoms with van der Waals surface area (Å²) in [5, 5.41) is 3.48. The zero-order chi connectivity index (χ0) is 17.8. The smallest absolute Gasteiger partial charge is 0.134 e. The number of anilines is 2. The number of pyridine rings is 2. The van der Waals surface area contributed by atoms with Crippen molar-refractivity contribution in [2.75, 3.05) is 23.3 Å². The fraction of sp³-hybridized carbons (Fsp3) is 0.300. The summed E-state index contributed by atoms with van der Waals surface area (Å²) >= 11 is 0. The second-order valence-electron chi connectivity index (χ2n) is 6.55. The van der Waals surface area contributed by atoms with E-state index in [9.17, 15) is 0 Å². The van der Waals surface area contributed by atoms with Crippen molar-refractivity contribution >= 4 is 11.6 Å². The molecule has 0 amide bonds. The molecule has 0 atom stereocenters. The fourth-order valence-electron chi connectivity index (χ4n) is 3.21. The number of nitrogens with one attached hydrogen (secondary N) is 1. The standard InChI is InChI=1S/C20H22N6/c1-15-4-5-19(23-11-15)26-10-7-18-17(13-26)20(25-14-24-18)22-9-6-16-3-2-8-21-12-16/h2-5,8,11-12,14H,6-7,9-10,13H2,1H3,(H,22,24,25). The van der Waals surface area contributed by atoms with Gasteiger partial charge in [0, 0.05) is 50.2 Å². The van der Waals surface area contributed by atoms with E-state index in [2.05, 4.69) is 55.3 Å². The molecule has 0 aromatic carbocycles. The van der Waals surface area contributed by atoms with Gasteiger partial charge < -0.3 is 10.2 Å². The lowest BCUT2D eigenvalue weighted by molar-refractivity contribution is 0.697. The zero-order valence-electron chi connectivity index (χ0n) is 14.9. The molecule has 1 aliphatic heterocycles. The number of hydrogen-bond acceptors (Lipinski definition) is 6. The number of fused-ring (bicyclic) bond motifs is 1. The van der Waals surface area contributed by atoms with Crippen LogP contribution in [-0.2, 0) is 19.4 Å². The van der Waals surface area contributed by atoms with Crippen molar-refractivity contribution in [3.63, 3.8) is 0 Å². The molecule has 0 spiro atoms. The largest absolute Gasteiger partial charge is 0.369 e. The first-order valence-electron chi connectivity index (χ1n) is 8.93. The minimum Gasteiger partial charge on any atom is -0.369 e. The molecule has 0 fully saturated rings. The van der Waals surface area contributed by atoms with Crippen LogP contribution < -0.4 is 10.2 Å². The summed E-state index contributed by atoms with van der Waals surface area (Å²) in [6.07, 6.45) is 9.10. The highest BCUT2D eigenvalue weighted by Gasteiger charge is 2.21. The number of aryl methyl sites for hydroxylation is 1. The van der Waals surface area contributed by atoms with Gasteiger partial charge in [0.05, 0.1) is 5.69 Å². The van der Waals surface area contributed by atoms with Crippen molar-refractivity contribution in [3.8, 4) is 0 Å². The fourth-order valence-corrected chi connectivity index (χ4v) is 3.21. The third-order valence-corrected chi connectivity index (χ3v) is 4.65. The molecule has 6 heteroatoms. The van der Waals surface area contributed by atoms with Crippen LogP contribution in [0, 0.1) is 6.92 Å². The summed E-state index contributed by atoms with van der Waals surface area (Å²) in [4.78, 5) is 20.0. The third-order valence-electron chi connectivity index (χ3n) is 4.65. The van der Waals surface area contributed by atoms with Crippen LogP contribution >= 0.6 is 0 Å². The first kappa shape index (κ1) is 16.4. The normalized spacial score (nSPS) is 13.3. The van der Waals surface area contributed by atoms with Gasteiger partial charge in [-0.25, -0.2) is 15.0 Å². The van der Waals surface area contributed by atoms with E-state index in [-0.39, 0.29) is 0 Å². The van der Waals surface area contributed by atoms with E-state index < -0.39 is 0 Å². The van der Waals surface area contributed by atoms with Crippen molar-refractivity contribution in [1.29, 1.82) is 0 Å². The maximum atomic E-state index is 4.56. The van der Waals surface area contributed by atoms with Gasteiger partial charge in [0.15, 0.2) is 0 Å². The van der Waals surface area contributed by atoms with Crippen LogP contribution in [0.1, 0.15) is 22.4 Å². The van der Waals surface area contributed by atoms with E-state index in [0.29, 0.717) is 0 Å². The highest BCUT2D eigenvalue weighted by Crippen LogP contribution is 2.26. The van der Waals surface area contributed by atoms with Crippen molar-refractivity contribution in [2.45, 2.75) is 26.3 Å². The van der Waals surface area contributed by atoms with Crippen LogP contribution in [0.25, 0.3) is 0 Å². The molecule has 6 nitrogen and oxygen atoms in total. The molecule has 1 N–H and O–H groups in total. The maximum Gasteiger partial charge on any atom is 0.134 e. The molecule has 0 radical (unpaired) electrons. The van der Waals surface area contributed by atoms with E-state index in [1.807, 2.05) is 18.5 Å². The Kier molecular flexibility index (Phi) is 4.73. The van der Waals surface area contributed by atoms with Crippen LogP contribution in [0.15, 0.2) is 49.2 Å². The maximum absolute atomic E-state index is 4.56. The number of nitrogens with zero attached hydrogens (tertiary/aromatic N) is 5. The van der Waals surface area contributed by atoms with Gasteiger partial charge in [-0.2, -0.15) is 0 Å². The van der Waals surface area contributed by atoms with Crippen molar-refractivity contribution < 1.29 is 0 Å². The molecule has 3 aromatic rings. The van der Waals surface area contributed by atoms with Crippen molar-refractivity contribution in [3.05, 3.63) is 71.6 Å². The van der Waals surface area contributed by atoms with Crippen molar-refractivity contribution in [2.24, 2.45) is 0 Å². The molecule has 0 saturated carbocycles. The SMILES string of the molecule is Cc1ccc(N2CCc3ncnc(NCCc4cccnc4)c3C2)nc1. The highest BCUT2D eigenvalue weighted by molar-refractivity contribution is 5.52. The Hall–Kier alpha value is -3.02. The van der Waals surface area contributed by atoms with Gasteiger partial charge in [0.25, 0.3) is 0 Å². The number of rotatable bonds is 5. The van der Waals surface area contributed by atoms with E-state index in [1.54, 1.807) is 12.5 Å². The second kappa shape index (κ2) is 7.47. The topological polar surface area (TPSA) is 66.8 Å². The molecule has 26 heavy (non-hydrogen) atoms. The van der Waals surface area contributed by atoms with Gasteiger partial charge in [-0.15, -0.1) is 0 Å². The second-order valence-corrected chi connectivity index (χ2v) is 6.55. The molecular weight excluding hydrogens is 324 g/mol. The molecule has 0 aliphatic carbocycles. The quantitative estimate of drug-likeness (QED) is 0.766. The van der Waals surface area contributed by atoms with Crippen LogP contribution in [0.3, 0.4) is 0 Å². The summed E-state index contributed by atoms with van der Waals surface area (Å²) < 4.78 is 0. The highest BCUT2D eigenvalue weighted by atomic mass is 15.2. The van der Waals surface area contributed by atoms with Gasteiger partial charge in [0.1, 0.15) is 18.0 Å². The minimum absolute atomic E-state index is 0.779. The Balaban J connectivity index is 1.47. The summed E-state index contributed by atoms with van der Waals surface area (Å²) in [6, 6.07) is 8.25. The molecule has 0 unspecified atom stereocenters. The summed E-state index contributed by atoms with van der Waals surface area (Å²) in [5.41, 5.74) is 4.69. The van der Waals surface area contributed by atoms with E-state index in [0.717, 1.165) is 49.8 Å². The Morgan fingerprint density at radius 3 is 2.88 bits per heavy atom. The Morgan fingerprint density at radius 1 is 1.12 bits per heavy atom. The minimum atomic E-state index is 0.779. The van der Waals surface area contributed by atoms with Crippen LogP contribution in [0.2, 0.25) is 0 Å². The van der Waals surface area contributed by atoms with Crippen molar-refractivity contribution in [1.82, 2.24) is 19.9 Å². The van der Waals surface area contributed by atoms with Gasteiger partial charge in [-0.1, -0.05) is 12.1 Å². The van der Waals surface area contributed by atoms with E-state index >= 15 is 0 Å². The van der Waals surface area contributed by atoms with Crippen LogP contribution in [0.5, 0.6) is 0 Å². The zero-order valence-corrected chi connectivity index (χ0v) is 14.9. The Morgan fingerprint density at radius 2 is 2.08 bits per heavy atom. The molecule has 4 heterocycles. The molecule has 4 rings (SSSR count). The Bertz CT molecular complexity index is 863. The molecule has 0 saturated heterocycles. The van der Waals surface area contributed by atoms with Crippen LogP contribution in [-0.4, -0.2) is 33.0 Å². The first-order chi connectivity index (χ1) is 12.8. The molecule has 132 valence electrons.